The fraction of sp³-hybridized carbons (Fsp3) is 0.310. The van der Waals surface area contributed by atoms with Gasteiger partial charge in [0, 0.05) is 22.4 Å². The molecule has 0 spiro atoms. The Hall–Kier alpha value is -3.16. The molecule has 0 saturated heterocycles. The number of hydrogen-bond donors (Lipinski definition) is 1. The first kappa shape index (κ1) is 24.5. The van der Waals surface area contributed by atoms with Gasteiger partial charge in [0.15, 0.2) is 5.13 Å². The first-order valence-electron chi connectivity index (χ1n) is 12.4. The van der Waals surface area contributed by atoms with E-state index in [4.69, 9.17) is 9.72 Å². The standard InChI is InChI=1S/C29H30N2O3S2/c1-20-8-12-23(13-9-20)34-24-14-10-21(11-15-24)27-19-36-29(30-27)31(18-25-6-4-16-35-25)17-22-5-2-3-7-26(22)28(32)33/h2-7,10-11,14-16,19-20,23H,8-9,12-13,17-18H2,1H3,(H,32,33)/t20-,23+. The van der Waals surface area contributed by atoms with Crippen LogP contribution in [-0.2, 0) is 13.1 Å². The van der Waals surface area contributed by atoms with Gasteiger partial charge in [-0.2, -0.15) is 0 Å². The number of nitrogens with zero attached hydrogens (tertiary/aromatic N) is 2. The zero-order valence-electron chi connectivity index (χ0n) is 20.3. The van der Waals surface area contributed by atoms with Crippen LogP contribution in [0.3, 0.4) is 0 Å². The van der Waals surface area contributed by atoms with Gasteiger partial charge < -0.3 is 14.7 Å². The predicted octanol–water partition coefficient (Wildman–Crippen LogP) is 7.73. The molecule has 0 aliphatic heterocycles. The van der Waals surface area contributed by atoms with E-state index in [9.17, 15) is 9.90 Å². The molecule has 2 heterocycles. The summed E-state index contributed by atoms with van der Waals surface area (Å²) in [5.41, 5.74) is 3.06. The lowest BCUT2D eigenvalue weighted by Gasteiger charge is -2.26. The molecule has 0 amide bonds. The fourth-order valence-electron chi connectivity index (χ4n) is 4.64. The maximum Gasteiger partial charge on any atom is 0.336 e. The molecule has 7 heteroatoms. The highest BCUT2D eigenvalue weighted by Gasteiger charge is 2.20. The van der Waals surface area contributed by atoms with Crippen LogP contribution >= 0.6 is 22.7 Å². The molecule has 36 heavy (non-hydrogen) atoms. The average molecular weight is 519 g/mol. The Balaban J connectivity index is 1.33. The Morgan fingerprint density at radius 1 is 1.00 bits per heavy atom. The zero-order valence-corrected chi connectivity index (χ0v) is 21.9. The van der Waals surface area contributed by atoms with Crippen LogP contribution in [0.1, 0.15) is 53.4 Å². The van der Waals surface area contributed by atoms with Crippen molar-refractivity contribution >= 4 is 33.8 Å². The Kier molecular flexibility index (Phi) is 7.68. The summed E-state index contributed by atoms with van der Waals surface area (Å²) in [5, 5.41) is 14.7. The number of aromatic carboxylic acids is 1. The molecule has 5 nitrogen and oxygen atoms in total. The van der Waals surface area contributed by atoms with E-state index in [1.807, 2.05) is 30.3 Å². The second-order valence-electron chi connectivity index (χ2n) is 9.44. The molecule has 2 aromatic carbocycles. The number of rotatable bonds is 9. The van der Waals surface area contributed by atoms with E-state index in [2.05, 4.69) is 40.8 Å². The Labute approximate surface area is 220 Å². The number of thiophene rings is 1. The summed E-state index contributed by atoms with van der Waals surface area (Å²) in [6.45, 7) is 3.46. The van der Waals surface area contributed by atoms with E-state index < -0.39 is 5.97 Å². The van der Waals surface area contributed by atoms with Gasteiger partial charge in [-0.05, 0) is 78.9 Å². The molecule has 5 rings (SSSR count). The van der Waals surface area contributed by atoms with Crippen molar-refractivity contribution in [1.29, 1.82) is 0 Å². The number of carbonyl (C=O) groups is 1. The van der Waals surface area contributed by atoms with Gasteiger partial charge in [0.2, 0.25) is 0 Å². The van der Waals surface area contributed by atoms with Gasteiger partial charge >= 0.3 is 5.97 Å². The smallest absolute Gasteiger partial charge is 0.336 e. The number of benzene rings is 2. The molecular weight excluding hydrogens is 488 g/mol. The lowest BCUT2D eigenvalue weighted by atomic mass is 9.89. The normalized spacial score (nSPS) is 17.6. The predicted molar refractivity (Wildman–Crippen MR) is 147 cm³/mol. The minimum atomic E-state index is -0.911. The van der Waals surface area contributed by atoms with Crippen LogP contribution < -0.4 is 9.64 Å². The molecule has 1 aliphatic rings. The van der Waals surface area contributed by atoms with E-state index >= 15 is 0 Å². The minimum absolute atomic E-state index is 0.317. The Morgan fingerprint density at radius 2 is 1.78 bits per heavy atom. The minimum Gasteiger partial charge on any atom is -0.490 e. The largest absolute Gasteiger partial charge is 0.490 e. The van der Waals surface area contributed by atoms with Crippen LogP contribution in [0, 0.1) is 5.92 Å². The van der Waals surface area contributed by atoms with Crippen molar-refractivity contribution in [3.8, 4) is 17.0 Å². The van der Waals surface area contributed by atoms with Gasteiger partial charge in [0.1, 0.15) is 5.75 Å². The van der Waals surface area contributed by atoms with Gasteiger partial charge in [-0.3, -0.25) is 0 Å². The molecule has 186 valence electrons. The van der Waals surface area contributed by atoms with Crippen LogP contribution in [0.5, 0.6) is 5.75 Å². The van der Waals surface area contributed by atoms with E-state index in [0.717, 1.165) is 46.5 Å². The molecule has 1 fully saturated rings. The quantitative estimate of drug-likeness (QED) is 0.246. The number of ether oxygens (including phenoxy) is 1. The first-order chi connectivity index (χ1) is 17.5. The van der Waals surface area contributed by atoms with Crippen molar-refractivity contribution in [3.63, 3.8) is 0 Å². The van der Waals surface area contributed by atoms with E-state index in [1.54, 1.807) is 34.8 Å². The molecule has 0 atom stereocenters. The van der Waals surface area contributed by atoms with Crippen LogP contribution in [0.2, 0.25) is 0 Å². The third-order valence-electron chi connectivity index (χ3n) is 6.71. The van der Waals surface area contributed by atoms with Crippen molar-refractivity contribution < 1.29 is 14.6 Å². The maximum absolute atomic E-state index is 11.8. The monoisotopic (exact) mass is 518 g/mol. The van der Waals surface area contributed by atoms with Gasteiger partial charge in [0.05, 0.1) is 23.9 Å². The molecule has 0 unspecified atom stereocenters. The summed E-state index contributed by atoms with van der Waals surface area (Å²) in [6.07, 6.45) is 5.05. The van der Waals surface area contributed by atoms with Crippen molar-refractivity contribution in [2.24, 2.45) is 5.92 Å². The summed E-state index contributed by atoms with van der Waals surface area (Å²) >= 11 is 3.27. The lowest BCUT2D eigenvalue weighted by molar-refractivity contribution is 0.0695. The maximum atomic E-state index is 11.8. The number of thiazole rings is 1. The molecule has 1 saturated carbocycles. The summed E-state index contributed by atoms with van der Waals surface area (Å²) in [4.78, 5) is 20.1. The SMILES string of the molecule is C[C@H]1CC[C@@H](Oc2ccc(-c3csc(N(Cc4cccs4)Cc4ccccc4C(=O)O)n3)cc2)CC1. The van der Waals surface area contributed by atoms with Gasteiger partial charge in [-0.1, -0.05) is 31.2 Å². The summed E-state index contributed by atoms with van der Waals surface area (Å²) in [6, 6.07) is 19.5. The van der Waals surface area contributed by atoms with Gasteiger partial charge in [-0.25, -0.2) is 9.78 Å². The van der Waals surface area contributed by atoms with Crippen molar-refractivity contribution in [2.45, 2.75) is 51.8 Å². The number of hydrogen-bond acceptors (Lipinski definition) is 6. The molecule has 0 radical (unpaired) electrons. The second-order valence-corrected chi connectivity index (χ2v) is 11.3. The third kappa shape index (κ3) is 5.97. The second kappa shape index (κ2) is 11.3. The molecule has 4 aromatic rings. The fourth-order valence-corrected chi connectivity index (χ4v) is 6.19. The molecule has 1 N–H and O–H groups in total. The summed E-state index contributed by atoms with van der Waals surface area (Å²) < 4.78 is 6.22. The highest BCUT2D eigenvalue weighted by atomic mass is 32.1. The van der Waals surface area contributed by atoms with E-state index in [1.165, 1.54) is 17.7 Å². The van der Waals surface area contributed by atoms with Crippen molar-refractivity contribution in [3.05, 3.63) is 87.4 Å². The van der Waals surface area contributed by atoms with Crippen molar-refractivity contribution in [1.82, 2.24) is 4.98 Å². The summed E-state index contributed by atoms with van der Waals surface area (Å²) in [7, 11) is 0. The third-order valence-corrected chi connectivity index (χ3v) is 8.48. The molecule has 1 aliphatic carbocycles. The van der Waals surface area contributed by atoms with Gasteiger partial charge in [-0.15, -0.1) is 22.7 Å². The number of aromatic nitrogens is 1. The number of carboxylic acid groups (broad SMARTS) is 1. The zero-order chi connectivity index (χ0) is 24.9. The molecular formula is C29H30N2O3S2. The Morgan fingerprint density at radius 3 is 2.50 bits per heavy atom. The molecule has 2 aromatic heterocycles. The highest BCUT2D eigenvalue weighted by Crippen LogP contribution is 2.32. The van der Waals surface area contributed by atoms with E-state index in [0.29, 0.717) is 24.8 Å². The van der Waals surface area contributed by atoms with Crippen molar-refractivity contribution in [2.75, 3.05) is 4.90 Å². The number of anilines is 1. The topological polar surface area (TPSA) is 62.7 Å². The van der Waals surface area contributed by atoms with Crippen LogP contribution in [0.25, 0.3) is 11.3 Å². The average Bonchev–Trinajstić information content (AvgIpc) is 3.58. The Bertz CT molecular complexity index is 1280. The first-order valence-corrected chi connectivity index (χ1v) is 14.1. The lowest BCUT2D eigenvalue weighted by Crippen LogP contribution is -2.23. The van der Waals surface area contributed by atoms with E-state index in [-0.39, 0.29) is 0 Å². The van der Waals surface area contributed by atoms with Crippen LogP contribution in [0.15, 0.2) is 71.4 Å². The van der Waals surface area contributed by atoms with Gasteiger partial charge in [0.25, 0.3) is 0 Å². The number of carboxylic acids is 1. The van der Waals surface area contributed by atoms with Crippen LogP contribution in [0.4, 0.5) is 5.13 Å². The highest BCUT2D eigenvalue weighted by molar-refractivity contribution is 7.14. The van der Waals surface area contributed by atoms with Crippen LogP contribution in [-0.4, -0.2) is 22.2 Å². The molecule has 0 bridgehead atoms. The summed E-state index contributed by atoms with van der Waals surface area (Å²) in [5.74, 6) is 0.813.